The van der Waals surface area contributed by atoms with E-state index in [0.717, 1.165) is 17.4 Å². The van der Waals surface area contributed by atoms with Crippen molar-refractivity contribution >= 4 is 45.0 Å². The van der Waals surface area contributed by atoms with E-state index in [0.29, 0.717) is 17.6 Å². The summed E-state index contributed by atoms with van der Waals surface area (Å²) in [6, 6.07) is 5.85. The number of benzene rings is 1. The first kappa shape index (κ1) is 30.3. The lowest BCUT2D eigenvalue weighted by Crippen LogP contribution is -2.56. The molecule has 0 bridgehead atoms. The summed E-state index contributed by atoms with van der Waals surface area (Å²) in [5.41, 5.74) is -3.29. The van der Waals surface area contributed by atoms with Crippen molar-refractivity contribution in [2.24, 2.45) is 5.92 Å². The fourth-order valence-electron chi connectivity index (χ4n) is 5.52. The number of nitrogens with zero attached hydrogens (tertiary/aromatic N) is 2. The molecular weight excluding hydrogens is 588 g/mol. The molecule has 2 aliphatic carbocycles. The molecule has 1 aliphatic heterocycles. The van der Waals surface area contributed by atoms with Gasteiger partial charge in [-0.15, -0.1) is 0 Å². The van der Waals surface area contributed by atoms with Crippen LogP contribution in [0.5, 0.6) is 11.6 Å². The Labute approximate surface area is 247 Å². The van der Waals surface area contributed by atoms with Crippen LogP contribution in [0.3, 0.4) is 0 Å². The van der Waals surface area contributed by atoms with Gasteiger partial charge in [-0.2, -0.15) is 8.42 Å². The summed E-state index contributed by atoms with van der Waals surface area (Å²) in [4.78, 5) is 55.9. The van der Waals surface area contributed by atoms with Gasteiger partial charge in [0, 0.05) is 18.0 Å². The average Bonchev–Trinajstić information content (AvgIpc) is 3.86. The fraction of sp³-hybridized carbons (Fsp3) is 0.519. The van der Waals surface area contributed by atoms with Crippen LogP contribution in [0.1, 0.15) is 39.0 Å². The maximum absolute atomic E-state index is 13.5. The normalized spacial score (nSPS) is 25.5. The minimum Gasteiger partial charge on any atom is -0.497 e. The number of carbonyl (C=O) groups excluding carboxylic acids is 3. The molecule has 4 unspecified atom stereocenters. The number of rotatable bonds is 11. The highest BCUT2D eigenvalue weighted by atomic mass is 32.2. The Morgan fingerprint density at radius 1 is 1.16 bits per heavy atom. The van der Waals surface area contributed by atoms with Crippen molar-refractivity contribution in [1.82, 2.24) is 19.9 Å². The molecule has 1 saturated heterocycles. The summed E-state index contributed by atoms with van der Waals surface area (Å²) < 4.78 is 47.9. The number of methoxy groups -OCH3 is 2. The third kappa shape index (κ3) is 5.88. The predicted molar refractivity (Wildman–Crippen MR) is 147 cm³/mol. The topological polar surface area (TPSA) is 200 Å². The smallest absolute Gasteiger partial charge is 0.408 e. The van der Waals surface area contributed by atoms with Gasteiger partial charge in [-0.05, 0) is 54.8 Å². The number of nitrogens with one attached hydrogen (secondary N) is 2. The van der Waals surface area contributed by atoms with E-state index >= 15 is 0 Å². The molecule has 3 amide bonds. The zero-order valence-corrected chi connectivity index (χ0v) is 24.5. The Kier molecular flexibility index (Phi) is 7.85. The lowest BCUT2D eigenvalue weighted by atomic mass is 10.1. The quantitative estimate of drug-likeness (QED) is 0.303. The summed E-state index contributed by atoms with van der Waals surface area (Å²) in [5.74, 6) is -2.22. The number of hydrogen-bond acceptors (Lipinski definition) is 11. The van der Waals surface area contributed by atoms with Gasteiger partial charge in [0.05, 0.1) is 20.8 Å². The van der Waals surface area contributed by atoms with E-state index in [4.69, 9.17) is 13.7 Å². The van der Waals surface area contributed by atoms with Crippen LogP contribution in [0.15, 0.2) is 30.5 Å². The molecule has 3 aliphatic rings. The summed E-state index contributed by atoms with van der Waals surface area (Å²) in [6.45, 7) is 1.62. The number of fused-ring (bicyclic) bond motifs is 1. The second-order valence-electron chi connectivity index (χ2n) is 10.9. The van der Waals surface area contributed by atoms with Crippen molar-refractivity contribution in [3.05, 3.63) is 30.5 Å². The SMILES string of the molecule is CCC1CC1(NC(=O)C1CC(Oc2nccc3cc(OC)ccc23)CN1C(=O)O)C(=O)NS(=O)(=O)OC1(C(=O)OC)CC1. The van der Waals surface area contributed by atoms with Gasteiger partial charge in [-0.3, -0.25) is 14.5 Å². The molecule has 2 aromatic rings. The van der Waals surface area contributed by atoms with Gasteiger partial charge >= 0.3 is 22.4 Å². The molecule has 3 N–H and O–H groups in total. The van der Waals surface area contributed by atoms with Crippen molar-refractivity contribution in [2.75, 3.05) is 20.8 Å². The highest BCUT2D eigenvalue weighted by Crippen LogP contribution is 2.47. The number of amides is 3. The Bertz CT molecular complexity index is 1580. The minimum absolute atomic E-state index is 0.0378. The molecule has 2 saturated carbocycles. The van der Waals surface area contributed by atoms with E-state index in [1.54, 1.807) is 44.5 Å². The van der Waals surface area contributed by atoms with E-state index in [2.05, 4.69) is 15.0 Å². The number of carboxylic acid groups (broad SMARTS) is 1. The van der Waals surface area contributed by atoms with Crippen LogP contribution in [0.4, 0.5) is 4.79 Å². The molecule has 16 heteroatoms. The molecule has 232 valence electrons. The predicted octanol–water partition coefficient (Wildman–Crippen LogP) is 1.11. The van der Waals surface area contributed by atoms with Crippen LogP contribution >= 0.6 is 0 Å². The number of likely N-dealkylation sites (tertiary alicyclic amines) is 1. The van der Waals surface area contributed by atoms with Crippen molar-refractivity contribution in [3.8, 4) is 11.6 Å². The number of hydrogen-bond donors (Lipinski definition) is 3. The maximum atomic E-state index is 13.5. The Balaban J connectivity index is 1.29. The monoisotopic (exact) mass is 620 g/mol. The van der Waals surface area contributed by atoms with E-state index in [1.807, 2.05) is 4.72 Å². The number of ether oxygens (including phenoxy) is 3. The minimum atomic E-state index is -4.74. The second kappa shape index (κ2) is 11.1. The van der Waals surface area contributed by atoms with Gasteiger partial charge in [0.2, 0.25) is 11.8 Å². The largest absolute Gasteiger partial charge is 0.497 e. The first-order chi connectivity index (χ1) is 20.4. The molecule has 2 heterocycles. The van der Waals surface area contributed by atoms with Crippen molar-refractivity contribution in [2.45, 2.75) is 62.3 Å². The second-order valence-corrected chi connectivity index (χ2v) is 12.1. The zero-order valence-electron chi connectivity index (χ0n) is 23.7. The third-order valence-corrected chi connectivity index (χ3v) is 9.10. The van der Waals surface area contributed by atoms with Crippen molar-refractivity contribution in [1.29, 1.82) is 0 Å². The van der Waals surface area contributed by atoms with Crippen molar-refractivity contribution in [3.63, 3.8) is 0 Å². The van der Waals surface area contributed by atoms with Gasteiger partial charge in [0.1, 0.15) is 23.4 Å². The van der Waals surface area contributed by atoms with Gasteiger partial charge in [0.25, 0.3) is 5.91 Å². The summed E-state index contributed by atoms with van der Waals surface area (Å²) in [6.07, 6.45) is 0.165. The summed E-state index contributed by atoms with van der Waals surface area (Å²) in [5, 5.41) is 13.9. The van der Waals surface area contributed by atoms with Gasteiger partial charge < -0.3 is 24.6 Å². The summed E-state index contributed by atoms with van der Waals surface area (Å²) >= 11 is 0. The van der Waals surface area contributed by atoms with E-state index < -0.39 is 63.4 Å². The molecule has 3 fully saturated rings. The molecule has 1 aromatic carbocycles. The van der Waals surface area contributed by atoms with Gasteiger partial charge in [0.15, 0.2) is 5.60 Å². The molecular formula is C27H32N4O11S. The number of pyridine rings is 1. The Morgan fingerprint density at radius 2 is 1.91 bits per heavy atom. The molecule has 1 aromatic heterocycles. The van der Waals surface area contributed by atoms with Gasteiger partial charge in [-0.1, -0.05) is 13.3 Å². The first-order valence-electron chi connectivity index (χ1n) is 13.6. The lowest BCUT2D eigenvalue weighted by Gasteiger charge is -2.25. The van der Waals surface area contributed by atoms with Crippen LogP contribution in [0.2, 0.25) is 0 Å². The number of esters is 1. The highest BCUT2D eigenvalue weighted by Gasteiger charge is 2.63. The van der Waals surface area contributed by atoms with Crippen LogP contribution in [0, 0.1) is 5.92 Å². The number of carbonyl (C=O) groups is 4. The molecule has 15 nitrogen and oxygen atoms in total. The standard InChI is InChI=1S/C27H32N4O11S/c1-4-16-13-27(16,23(33)30-43(37,38)42-26(8-9-26)24(34)40-3)29-21(32)20-12-18(14-31(20)25(35)36)41-22-19-6-5-17(39-2)11-15(19)7-10-28-22/h5-7,10-11,16,18,20H,4,8-9,12-14H2,1-3H3,(H,29,32)(H,30,33)(H,35,36). The highest BCUT2D eigenvalue weighted by molar-refractivity contribution is 7.85. The first-order valence-corrected chi connectivity index (χ1v) is 15.0. The van der Waals surface area contributed by atoms with Crippen LogP contribution in [0.25, 0.3) is 10.8 Å². The van der Waals surface area contributed by atoms with Gasteiger partial charge in [-0.25, -0.2) is 23.5 Å². The zero-order chi connectivity index (χ0) is 31.2. The van der Waals surface area contributed by atoms with Crippen LogP contribution in [-0.4, -0.2) is 91.3 Å². The van der Waals surface area contributed by atoms with Crippen molar-refractivity contribution < 1.29 is 51.1 Å². The van der Waals surface area contributed by atoms with E-state index in [1.165, 1.54) is 0 Å². The van der Waals surface area contributed by atoms with Crippen LogP contribution < -0.4 is 19.5 Å². The fourth-order valence-corrected chi connectivity index (χ4v) is 6.63. The Morgan fingerprint density at radius 3 is 2.51 bits per heavy atom. The summed E-state index contributed by atoms with van der Waals surface area (Å²) in [7, 11) is -2.11. The Hall–Kier alpha value is -4.18. The average molecular weight is 621 g/mol. The molecule has 5 rings (SSSR count). The van der Waals surface area contributed by atoms with E-state index in [-0.39, 0.29) is 38.1 Å². The molecule has 4 atom stereocenters. The molecule has 0 spiro atoms. The molecule has 43 heavy (non-hydrogen) atoms. The van der Waals surface area contributed by atoms with E-state index in [9.17, 15) is 32.7 Å². The molecule has 0 radical (unpaired) electrons. The number of aromatic nitrogens is 1. The third-order valence-electron chi connectivity index (χ3n) is 8.12. The lowest BCUT2D eigenvalue weighted by molar-refractivity contribution is -0.151. The van der Waals surface area contributed by atoms with Crippen LogP contribution in [-0.2, 0) is 33.6 Å². The maximum Gasteiger partial charge on any atom is 0.408 e.